The Balaban J connectivity index is 2.87. The molecule has 0 aliphatic heterocycles. The Morgan fingerprint density at radius 3 is 2.57 bits per heavy atom. The molecule has 0 radical (unpaired) electrons. The van der Waals surface area contributed by atoms with Crippen LogP contribution in [-0.4, -0.2) is 15.9 Å². The lowest BCUT2D eigenvalue weighted by Gasteiger charge is -2.17. The fourth-order valence-corrected chi connectivity index (χ4v) is 2.35. The summed E-state index contributed by atoms with van der Waals surface area (Å²) >= 11 is 6.09. The van der Waals surface area contributed by atoms with E-state index in [2.05, 4.69) is 5.10 Å². The number of hydrogen-bond donors (Lipinski definition) is 0. The first-order valence-corrected chi connectivity index (χ1v) is 6.89. The molecular formula is C15H16ClFN2O2. The number of aryl methyl sites for hydroxylation is 2. The summed E-state index contributed by atoms with van der Waals surface area (Å²) in [7, 11) is 1.51. The lowest BCUT2D eigenvalue weighted by Crippen LogP contribution is -2.25. The smallest absolute Gasteiger partial charge is 0.278 e. The molecule has 0 aliphatic carbocycles. The van der Waals surface area contributed by atoms with Gasteiger partial charge in [0.2, 0.25) is 0 Å². The van der Waals surface area contributed by atoms with Crippen molar-refractivity contribution < 1.29 is 9.13 Å². The third-order valence-corrected chi connectivity index (χ3v) is 3.24. The highest BCUT2D eigenvalue weighted by Crippen LogP contribution is 2.35. The lowest BCUT2D eigenvalue weighted by atomic mass is 10.0. The van der Waals surface area contributed by atoms with E-state index in [1.54, 1.807) is 6.92 Å². The van der Waals surface area contributed by atoms with Crippen LogP contribution in [0, 0.1) is 12.7 Å². The fourth-order valence-electron chi connectivity index (χ4n) is 2.09. The van der Waals surface area contributed by atoms with Gasteiger partial charge in [0.05, 0.1) is 16.7 Å². The minimum absolute atomic E-state index is 0.0425. The maximum absolute atomic E-state index is 14.2. The van der Waals surface area contributed by atoms with Crippen LogP contribution >= 0.6 is 11.6 Å². The normalized spacial score (nSPS) is 11.0. The molecule has 112 valence electrons. The average Bonchev–Trinajstić information content (AvgIpc) is 2.38. The van der Waals surface area contributed by atoms with E-state index in [-0.39, 0.29) is 28.0 Å². The number of nitrogens with zero attached hydrogens (tertiary/aromatic N) is 2. The molecule has 0 unspecified atom stereocenters. The molecule has 21 heavy (non-hydrogen) atoms. The van der Waals surface area contributed by atoms with E-state index in [9.17, 15) is 9.18 Å². The van der Waals surface area contributed by atoms with Crippen molar-refractivity contribution in [1.29, 1.82) is 0 Å². The highest BCUT2D eigenvalue weighted by Gasteiger charge is 2.22. The van der Waals surface area contributed by atoms with Crippen molar-refractivity contribution >= 4 is 11.6 Å². The number of aromatic nitrogens is 2. The predicted octanol–water partition coefficient (Wildman–Crippen LogP) is 3.34. The van der Waals surface area contributed by atoms with Gasteiger partial charge in [-0.05, 0) is 32.9 Å². The SMILES string of the molecule is Cc1nn(C)c(=O)c(-c2c(F)cccc2Cl)c1OC(C)C. The minimum Gasteiger partial charge on any atom is -0.488 e. The molecule has 0 saturated carbocycles. The molecule has 1 aromatic carbocycles. The summed E-state index contributed by atoms with van der Waals surface area (Å²) in [5.74, 6) is -0.307. The molecule has 0 bridgehead atoms. The van der Waals surface area contributed by atoms with Gasteiger partial charge < -0.3 is 4.74 Å². The molecule has 4 nitrogen and oxygen atoms in total. The van der Waals surface area contributed by atoms with Crippen molar-refractivity contribution in [2.45, 2.75) is 26.9 Å². The number of rotatable bonds is 3. The first-order chi connectivity index (χ1) is 9.82. The van der Waals surface area contributed by atoms with Crippen molar-refractivity contribution in [1.82, 2.24) is 9.78 Å². The van der Waals surface area contributed by atoms with Crippen LogP contribution in [0.25, 0.3) is 11.1 Å². The molecule has 0 N–H and O–H groups in total. The van der Waals surface area contributed by atoms with Gasteiger partial charge in [0.25, 0.3) is 5.56 Å². The van der Waals surface area contributed by atoms with Crippen LogP contribution in [0.1, 0.15) is 19.5 Å². The molecule has 0 atom stereocenters. The van der Waals surface area contributed by atoms with E-state index >= 15 is 0 Å². The van der Waals surface area contributed by atoms with Gasteiger partial charge in [0.15, 0.2) is 5.75 Å². The van der Waals surface area contributed by atoms with Crippen molar-refractivity contribution in [3.63, 3.8) is 0 Å². The Labute approximate surface area is 127 Å². The van der Waals surface area contributed by atoms with Crippen LogP contribution in [0.2, 0.25) is 5.02 Å². The number of benzene rings is 1. The van der Waals surface area contributed by atoms with Crippen LogP contribution in [0.3, 0.4) is 0 Å². The first kappa shape index (κ1) is 15.5. The van der Waals surface area contributed by atoms with Gasteiger partial charge in [-0.15, -0.1) is 0 Å². The zero-order valence-corrected chi connectivity index (χ0v) is 13.0. The standard InChI is InChI=1S/C15H16ClFN2O2/c1-8(2)21-14-9(3)18-19(4)15(20)13(14)12-10(16)6-5-7-11(12)17/h5-8H,1-4H3. The second-order valence-corrected chi connectivity index (χ2v) is 5.39. The van der Waals surface area contributed by atoms with E-state index in [0.717, 1.165) is 4.68 Å². The maximum atomic E-state index is 14.2. The summed E-state index contributed by atoms with van der Waals surface area (Å²) in [5.41, 5.74) is 0.186. The minimum atomic E-state index is -0.571. The Morgan fingerprint density at radius 2 is 2.00 bits per heavy atom. The molecule has 0 spiro atoms. The highest BCUT2D eigenvalue weighted by atomic mass is 35.5. The highest BCUT2D eigenvalue weighted by molar-refractivity contribution is 6.33. The molecule has 1 aromatic heterocycles. The summed E-state index contributed by atoms with van der Waals surface area (Å²) in [5, 5.41) is 4.24. The predicted molar refractivity (Wildman–Crippen MR) is 80.4 cm³/mol. The summed E-state index contributed by atoms with van der Waals surface area (Å²) in [4.78, 5) is 12.4. The summed E-state index contributed by atoms with van der Waals surface area (Å²) < 4.78 is 21.0. The zero-order valence-electron chi connectivity index (χ0n) is 12.3. The molecule has 1 heterocycles. The van der Waals surface area contributed by atoms with Crippen molar-refractivity contribution in [3.8, 4) is 16.9 Å². The number of halogens is 2. The summed E-state index contributed by atoms with van der Waals surface area (Å²) in [6.07, 6.45) is -0.179. The van der Waals surface area contributed by atoms with Crippen molar-refractivity contribution in [2.75, 3.05) is 0 Å². The Bertz CT molecular complexity index is 721. The Morgan fingerprint density at radius 1 is 1.33 bits per heavy atom. The lowest BCUT2D eigenvalue weighted by molar-refractivity contribution is 0.239. The topological polar surface area (TPSA) is 44.1 Å². The van der Waals surface area contributed by atoms with Gasteiger partial charge in [-0.1, -0.05) is 17.7 Å². The second-order valence-electron chi connectivity index (χ2n) is 4.98. The number of hydrogen-bond acceptors (Lipinski definition) is 3. The third-order valence-electron chi connectivity index (χ3n) is 2.93. The molecular weight excluding hydrogens is 295 g/mol. The molecule has 0 fully saturated rings. The van der Waals surface area contributed by atoms with E-state index in [0.29, 0.717) is 5.69 Å². The van der Waals surface area contributed by atoms with Gasteiger partial charge in [-0.25, -0.2) is 9.07 Å². The van der Waals surface area contributed by atoms with Gasteiger partial charge in [-0.3, -0.25) is 4.79 Å². The third kappa shape index (κ3) is 2.93. The zero-order chi connectivity index (χ0) is 15.7. The fraction of sp³-hybridized carbons (Fsp3) is 0.333. The molecule has 2 aromatic rings. The van der Waals surface area contributed by atoms with Crippen LogP contribution in [0.5, 0.6) is 5.75 Å². The quantitative estimate of drug-likeness (QED) is 0.873. The average molecular weight is 311 g/mol. The molecule has 2 rings (SSSR count). The Kier molecular flexibility index (Phi) is 4.32. The summed E-state index contributed by atoms with van der Waals surface area (Å²) in [6, 6.07) is 4.28. The molecule has 6 heteroatoms. The van der Waals surface area contributed by atoms with Gasteiger partial charge in [0, 0.05) is 12.6 Å². The van der Waals surface area contributed by atoms with E-state index in [1.165, 1.54) is 25.2 Å². The first-order valence-electron chi connectivity index (χ1n) is 6.52. The molecule has 0 saturated heterocycles. The monoisotopic (exact) mass is 310 g/mol. The second kappa shape index (κ2) is 5.85. The van der Waals surface area contributed by atoms with Crippen LogP contribution < -0.4 is 10.3 Å². The van der Waals surface area contributed by atoms with Gasteiger partial charge in [0.1, 0.15) is 11.5 Å². The number of ether oxygens (including phenoxy) is 1. The molecule has 0 amide bonds. The van der Waals surface area contributed by atoms with Gasteiger partial charge >= 0.3 is 0 Å². The van der Waals surface area contributed by atoms with Crippen molar-refractivity contribution in [3.05, 3.63) is 45.1 Å². The Hall–Kier alpha value is -1.88. The van der Waals surface area contributed by atoms with Gasteiger partial charge in [-0.2, -0.15) is 5.10 Å². The van der Waals surface area contributed by atoms with Crippen LogP contribution in [0.4, 0.5) is 4.39 Å². The van der Waals surface area contributed by atoms with Crippen molar-refractivity contribution in [2.24, 2.45) is 7.05 Å². The van der Waals surface area contributed by atoms with E-state index in [4.69, 9.17) is 16.3 Å². The largest absolute Gasteiger partial charge is 0.488 e. The summed E-state index contributed by atoms with van der Waals surface area (Å²) in [6.45, 7) is 5.35. The maximum Gasteiger partial charge on any atom is 0.278 e. The van der Waals surface area contributed by atoms with E-state index in [1.807, 2.05) is 13.8 Å². The van der Waals surface area contributed by atoms with Crippen LogP contribution in [0.15, 0.2) is 23.0 Å². The van der Waals surface area contributed by atoms with Crippen LogP contribution in [-0.2, 0) is 7.05 Å². The van der Waals surface area contributed by atoms with E-state index < -0.39 is 11.4 Å². The molecule has 0 aliphatic rings.